The van der Waals surface area contributed by atoms with Gasteiger partial charge in [0.1, 0.15) is 17.1 Å². The molecule has 2 heterocycles. The fourth-order valence-corrected chi connectivity index (χ4v) is 3.86. The summed E-state index contributed by atoms with van der Waals surface area (Å²) in [5, 5.41) is 4.34. The molecular formula is C23H25FN2O4. The third kappa shape index (κ3) is 4.70. The van der Waals surface area contributed by atoms with Crippen LogP contribution in [0, 0.1) is 5.82 Å². The largest absolute Gasteiger partial charge is 0.497 e. The second-order valence-electron chi connectivity index (χ2n) is 7.30. The second-order valence-corrected chi connectivity index (χ2v) is 7.30. The summed E-state index contributed by atoms with van der Waals surface area (Å²) < 4.78 is 29.4. The third-order valence-electron chi connectivity index (χ3n) is 5.43. The molecule has 0 amide bonds. The number of nitrogens with one attached hydrogen (secondary N) is 1. The molecule has 1 N–H and O–H groups in total. The molecule has 0 aliphatic carbocycles. The van der Waals surface area contributed by atoms with E-state index in [-0.39, 0.29) is 11.9 Å². The van der Waals surface area contributed by atoms with Crippen molar-refractivity contribution in [2.75, 3.05) is 40.0 Å². The van der Waals surface area contributed by atoms with Gasteiger partial charge in [-0.2, -0.15) is 0 Å². The van der Waals surface area contributed by atoms with Gasteiger partial charge in [0.25, 0.3) is 0 Å². The molecule has 1 saturated heterocycles. The molecule has 0 bridgehead atoms. The molecule has 1 fully saturated rings. The first-order chi connectivity index (χ1) is 14.6. The Morgan fingerprint density at radius 1 is 1.13 bits per heavy atom. The van der Waals surface area contributed by atoms with Gasteiger partial charge in [0.2, 0.25) is 0 Å². The van der Waals surface area contributed by atoms with Crippen LogP contribution in [0.5, 0.6) is 5.75 Å². The van der Waals surface area contributed by atoms with Crippen LogP contribution in [-0.2, 0) is 11.3 Å². The summed E-state index contributed by atoms with van der Waals surface area (Å²) in [7, 11) is 1.58. The number of benzene rings is 2. The highest BCUT2D eigenvalue weighted by atomic mass is 19.1. The van der Waals surface area contributed by atoms with Crippen LogP contribution in [-0.4, -0.2) is 44.9 Å². The lowest BCUT2D eigenvalue weighted by molar-refractivity contribution is 0.0161. The van der Waals surface area contributed by atoms with E-state index in [2.05, 4.69) is 10.2 Å². The summed E-state index contributed by atoms with van der Waals surface area (Å²) in [6.45, 7) is 4.18. The van der Waals surface area contributed by atoms with Crippen LogP contribution in [0.3, 0.4) is 0 Å². The van der Waals surface area contributed by atoms with Crippen molar-refractivity contribution in [3.8, 4) is 5.75 Å². The van der Waals surface area contributed by atoms with Gasteiger partial charge in [-0.05, 0) is 35.4 Å². The van der Waals surface area contributed by atoms with Crippen LogP contribution in [0.2, 0.25) is 0 Å². The fourth-order valence-electron chi connectivity index (χ4n) is 3.86. The van der Waals surface area contributed by atoms with E-state index in [1.807, 2.05) is 24.3 Å². The number of halogens is 1. The summed E-state index contributed by atoms with van der Waals surface area (Å²) in [6.07, 6.45) is 0. The fraction of sp³-hybridized carbons (Fsp3) is 0.348. The average Bonchev–Trinajstić information content (AvgIpc) is 2.77. The maximum Gasteiger partial charge on any atom is 0.336 e. The Bertz CT molecular complexity index is 1050. The van der Waals surface area contributed by atoms with E-state index < -0.39 is 5.63 Å². The minimum atomic E-state index is -0.393. The topological polar surface area (TPSA) is 63.9 Å². The Balaban J connectivity index is 1.53. The highest BCUT2D eigenvalue weighted by molar-refractivity contribution is 5.81. The standard InChI is InChI=1S/C23H25FN2O4/c1-28-19-6-7-20-17(12-23(27)30-22(20)13-19)14-25-15-21(26-8-10-29-11-9-26)16-2-4-18(24)5-3-16/h2-7,12-13,21,25H,8-11,14-15H2,1H3/t21-/m0/s1. The monoisotopic (exact) mass is 412 g/mol. The first-order valence-electron chi connectivity index (χ1n) is 10.0. The third-order valence-corrected chi connectivity index (χ3v) is 5.43. The predicted octanol–water partition coefficient (Wildman–Crippen LogP) is 3.10. The maximum atomic E-state index is 13.4. The van der Waals surface area contributed by atoms with Crippen molar-refractivity contribution in [3.05, 3.63) is 75.9 Å². The van der Waals surface area contributed by atoms with Gasteiger partial charge in [0, 0.05) is 49.7 Å². The molecule has 7 heteroatoms. The number of fused-ring (bicyclic) bond motifs is 1. The zero-order chi connectivity index (χ0) is 20.9. The molecule has 1 aliphatic rings. The van der Waals surface area contributed by atoms with E-state index in [1.54, 1.807) is 13.2 Å². The molecule has 158 valence electrons. The summed E-state index contributed by atoms with van der Waals surface area (Å²) in [5.74, 6) is 0.393. The molecule has 0 unspecified atom stereocenters. The summed E-state index contributed by atoms with van der Waals surface area (Å²) in [6, 6.07) is 13.7. The Morgan fingerprint density at radius 3 is 2.63 bits per heavy atom. The van der Waals surface area contributed by atoms with Crippen molar-refractivity contribution in [1.82, 2.24) is 10.2 Å². The second kappa shape index (κ2) is 9.38. The van der Waals surface area contributed by atoms with Gasteiger partial charge in [-0.15, -0.1) is 0 Å². The number of ether oxygens (including phenoxy) is 2. The number of morpholine rings is 1. The van der Waals surface area contributed by atoms with Crippen molar-refractivity contribution in [3.63, 3.8) is 0 Å². The van der Waals surface area contributed by atoms with Gasteiger partial charge in [0.05, 0.1) is 20.3 Å². The van der Waals surface area contributed by atoms with Crippen LogP contribution in [0.4, 0.5) is 4.39 Å². The molecular weight excluding hydrogens is 387 g/mol. The minimum absolute atomic E-state index is 0.0842. The number of nitrogens with zero attached hydrogens (tertiary/aromatic N) is 1. The summed E-state index contributed by atoms with van der Waals surface area (Å²) in [5.41, 5.74) is 2.02. The molecule has 0 spiro atoms. The van der Waals surface area contributed by atoms with Gasteiger partial charge in [-0.25, -0.2) is 9.18 Å². The molecule has 1 aromatic heterocycles. The van der Waals surface area contributed by atoms with Crippen LogP contribution in [0.25, 0.3) is 11.0 Å². The van der Waals surface area contributed by atoms with Crippen molar-refractivity contribution >= 4 is 11.0 Å². The molecule has 6 nitrogen and oxygen atoms in total. The predicted molar refractivity (Wildman–Crippen MR) is 112 cm³/mol. The van der Waals surface area contributed by atoms with Gasteiger partial charge >= 0.3 is 5.63 Å². The Morgan fingerprint density at radius 2 is 1.90 bits per heavy atom. The van der Waals surface area contributed by atoms with Crippen molar-refractivity contribution in [2.45, 2.75) is 12.6 Å². The molecule has 2 aromatic carbocycles. The highest BCUT2D eigenvalue weighted by Gasteiger charge is 2.22. The normalized spacial score (nSPS) is 15.9. The maximum absolute atomic E-state index is 13.4. The zero-order valence-corrected chi connectivity index (χ0v) is 16.9. The quantitative estimate of drug-likeness (QED) is 0.602. The Kier molecular flexibility index (Phi) is 6.42. The smallest absolute Gasteiger partial charge is 0.336 e. The minimum Gasteiger partial charge on any atom is -0.497 e. The van der Waals surface area contributed by atoms with Crippen molar-refractivity contribution < 1.29 is 18.3 Å². The number of rotatable bonds is 7. The summed E-state index contributed by atoms with van der Waals surface area (Å²) in [4.78, 5) is 14.3. The SMILES string of the molecule is COc1ccc2c(CNC[C@@H](c3ccc(F)cc3)N3CCOCC3)cc(=O)oc2c1. The van der Waals surface area contributed by atoms with E-state index in [0.717, 1.165) is 29.6 Å². The van der Waals surface area contributed by atoms with Crippen LogP contribution < -0.4 is 15.7 Å². The van der Waals surface area contributed by atoms with E-state index in [1.165, 1.54) is 18.2 Å². The lowest BCUT2D eigenvalue weighted by Crippen LogP contribution is -2.42. The molecule has 4 rings (SSSR count). The molecule has 30 heavy (non-hydrogen) atoms. The number of hydrogen-bond donors (Lipinski definition) is 1. The highest BCUT2D eigenvalue weighted by Crippen LogP contribution is 2.24. The van der Waals surface area contributed by atoms with E-state index >= 15 is 0 Å². The van der Waals surface area contributed by atoms with Crippen LogP contribution in [0.1, 0.15) is 17.2 Å². The lowest BCUT2D eigenvalue weighted by Gasteiger charge is -2.35. The summed E-state index contributed by atoms with van der Waals surface area (Å²) >= 11 is 0. The van der Waals surface area contributed by atoms with Gasteiger partial charge < -0.3 is 19.2 Å². The number of methoxy groups -OCH3 is 1. The van der Waals surface area contributed by atoms with Gasteiger partial charge in [0.15, 0.2) is 0 Å². The van der Waals surface area contributed by atoms with E-state index in [4.69, 9.17) is 13.9 Å². The molecule has 1 atom stereocenters. The average molecular weight is 412 g/mol. The zero-order valence-electron chi connectivity index (χ0n) is 16.9. The van der Waals surface area contributed by atoms with Gasteiger partial charge in [-0.3, -0.25) is 4.90 Å². The van der Waals surface area contributed by atoms with Gasteiger partial charge in [-0.1, -0.05) is 12.1 Å². The van der Waals surface area contributed by atoms with E-state index in [9.17, 15) is 9.18 Å². The molecule has 3 aromatic rings. The van der Waals surface area contributed by atoms with Crippen LogP contribution >= 0.6 is 0 Å². The molecule has 0 radical (unpaired) electrons. The van der Waals surface area contributed by atoms with E-state index in [0.29, 0.717) is 37.6 Å². The molecule has 0 saturated carbocycles. The Labute approximate surface area is 174 Å². The Hall–Kier alpha value is -2.74. The molecule has 1 aliphatic heterocycles. The van der Waals surface area contributed by atoms with Crippen molar-refractivity contribution in [1.29, 1.82) is 0 Å². The number of hydrogen-bond acceptors (Lipinski definition) is 6. The lowest BCUT2D eigenvalue weighted by atomic mass is 10.0. The van der Waals surface area contributed by atoms with Crippen LogP contribution in [0.15, 0.2) is 57.7 Å². The first kappa shape index (κ1) is 20.5. The first-order valence-corrected chi connectivity index (χ1v) is 10.0. The van der Waals surface area contributed by atoms with Crippen molar-refractivity contribution in [2.24, 2.45) is 0 Å².